The topological polar surface area (TPSA) is 96.5 Å². The minimum absolute atomic E-state index is 0.0157. The highest BCUT2D eigenvalue weighted by Crippen LogP contribution is 2.28. The molecule has 36 heavy (non-hydrogen) atoms. The summed E-state index contributed by atoms with van der Waals surface area (Å²) in [6.45, 7) is 6.32. The van der Waals surface area contributed by atoms with Gasteiger partial charge in [-0.1, -0.05) is 56.6 Å². The molecule has 2 heterocycles. The number of ether oxygens (including phenoxy) is 1. The molecule has 0 bridgehead atoms. The molecule has 0 saturated carbocycles. The summed E-state index contributed by atoms with van der Waals surface area (Å²) >= 11 is 5.98. The van der Waals surface area contributed by atoms with Crippen LogP contribution in [0.1, 0.15) is 31.9 Å². The predicted octanol–water partition coefficient (Wildman–Crippen LogP) is 5.98. The third-order valence-electron chi connectivity index (χ3n) is 5.41. The Hall–Kier alpha value is -4.41. The van der Waals surface area contributed by atoms with E-state index in [0.717, 1.165) is 5.56 Å². The number of aromatic nitrogens is 2. The van der Waals surface area contributed by atoms with E-state index < -0.39 is 11.5 Å². The molecule has 0 radical (unpaired) electrons. The van der Waals surface area contributed by atoms with Crippen LogP contribution in [0.5, 0.6) is 11.6 Å². The number of benzene rings is 2. The predicted molar refractivity (Wildman–Crippen MR) is 140 cm³/mol. The van der Waals surface area contributed by atoms with Gasteiger partial charge in [0.15, 0.2) is 0 Å². The molecule has 7 nitrogen and oxygen atoms in total. The number of nitriles is 1. The minimum Gasteiger partial charge on any atom is -0.438 e. The van der Waals surface area contributed by atoms with Crippen LogP contribution in [0, 0.1) is 11.3 Å². The molecule has 1 amide bonds. The number of nitrogens with zero attached hydrogens (tertiary/aromatic N) is 3. The van der Waals surface area contributed by atoms with Crippen LogP contribution in [0.4, 0.5) is 5.69 Å². The monoisotopic (exact) mass is 498 g/mol. The number of hydrogen-bond donors (Lipinski definition) is 1. The van der Waals surface area contributed by atoms with Crippen molar-refractivity contribution in [2.75, 3.05) is 5.32 Å². The van der Waals surface area contributed by atoms with Gasteiger partial charge in [-0.15, -0.1) is 0 Å². The number of pyridine rings is 1. The van der Waals surface area contributed by atoms with Gasteiger partial charge >= 0.3 is 0 Å². The van der Waals surface area contributed by atoms with Crippen LogP contribution in [0.3, 0.4) is 0 Å². The van der Waals surface area contributed by atoms with E-state index in [4.69, 9.17) is 16.3 Å². The number of carbonyl (C=O) groups is 1. The fourth-order valence-corrected chi connectivity index (χ4v) is 3.67. The van der Waals surface area contributed by atoms with Crippen molar-refractivity contribution in [2.45, 2.75) is 26.2 Å². The summed E-state index contributed by atoms with van der Waals surface area (Å²) in [4.78, 5) is 30.6. The smallest absolute Gasteiger partial charge is 0.269 e. The van der Waals surface area contributed by atoms with Crippen LogP contribution in [-0.2, 0) is 10.2 Å². The van der Waals surface area contributed by atoms with Crippen LogP contribution < -0.4 is 15.6 Å². The summed E-state index contributed by atoms with van der Waals surface area (Å²) in [5, 5.41) is 12.8. The van der Waals surface area contributed by atoms with E-state index in [1.165, 1.54) is 10.5 Å². The Labute approximate surface area is 213 Å². The average Bonchev–Trinajstić information content (AvgIpc) is 2.84. The largest absolute Gasteiger partial charge is 0.438 e. The van der Waals surface area contributed by atoms with Crippen LogP contribution >= 0.6 is 11.6 Å². The van der Waals surface area contributed by atoms with E-state index in [-0.39, 0.29) is 22.4 Å². The Morgan fingerprint density at radius 2 is 1.86 bits per heavy atom. The Morgan fingerprint density at radius 3 is 2.53 bits per heavy atom. The van der Waals surface area contributed by atoms with Gasteiger partial charge in [-0.3, -0.25) is 14.0 Å². The summed E-state index contributed by atoms with van der Waals surface area (Å²) in [5.41, 5.74) is 1.05. The molecular formula is C28H23ClN4O3. The number of carbonyl (C=O) groups excluding carboxylic acids is 1. The lowest BCUT2D eigenvalue weighted by Gasteiger charge is -2.19. The summed E-state index contributed by atoms with van der Waals surface area (Å²) < 4.78 is 7.32. The first-order valence-electron chi connectivity index (χ1n) is 11.1. The molecule has 0 fully saturated rings. The first-order valence-corrected chi connectivity index (χ1v) is 11.5. The highest BCUT2D eigenvalue weighted by atomic mass is 35.5. The zero-order valence-electron chi connectivity index (χ0n) is 19.9. The second-order valence-corrected chi connectivity index (χ2v) is 9.51. The maximum absolute atomic E-state index is 13.3. The molecule has 2 aromatic carbocycles. The normalized spacial score (nSPS) is 11.7. The molecule has 1 N–H and O–H groups in total. The highest BCUT2D eigenvalue weighted by molar-refractivity contribution is 6.31. The Balaban J connectivity index is 1.77. The minimum atomic E-state index is -0.696. The molecule has 0 spiro atoms. The van der Waals surface area contributed by atoms with Gasteiger partial charge in [0, 0.05) is 16.9 Å². The van der Waals surface area contributed by atoms with Crippen molar-refractivity contribution in [1.82, 2.24) is 9.38 Å². The number of halogens is 1. The lowest BCUT2D eigenvalue weighted by molar-refractivity contribution is -0.112. The molecule has 180 valence electrons. The molecule has 0 atom stereocenters. The van der Waals surface area contributed by atoms with Gasteiger partial charge in [0.2, 0.25) is 5.88 Å². The van der Waals surface area contributed by atoms with Crippen LogP contribution in [0.2, 0.25) is 5.02 Å². The van der Waals surface area contributed by atoms with Crippen molar-refractivity contribution in [3.63, 3.8) is 0 Å². The Morgan fingerprint density at radius 1 is 1.11 bits per heavy atom. The quantitative estimate of drug-likeness (QED) is 0.269. The molecule has 4 rings (SSSR count). The number of nitrogens with one attached hydrogen (secondary N) is 1. The molecule has 2 aromatic heterocycles. The van der Waals surface area contributed by atoms with Gasteiger partial charge in [0.05, 0.1) is 0 Å². The van der Waals surface area contributed by atoms with E-state index in [0.29, 0.717) is 22.1 Å². The second kappa shape index (κ2) is 10.1. The van der Waals surface area contributed by atoms with Crippen molar-refractivity contribution in [3.05, 3.63) is 105 Å². The molecular weight excluding hydrogens is 476 g/mol. The van der Waals surface area contributed by atoms with Crippen molar-refractivity contribution < 1.29 is 9.53 Å². The van der Waals surface area contributed by atoms with Crippen molar-refractivity contribution >= 4 is 34.9 Å². The Bertz CT molecular complexity index is 1580. The van der Waals surface area contributed by atoms with Gasteiger partial charge in [-0.2, -0.15) is 10.2 Å². The molecule has 0 unspecified atom stereocenters. The van der Waals surface area contributed by atoms with E-state index >= 15 is 0 Å². The van der Waals surface area contributed by atoms with E-state index in [9.17, 15) is 14.9 Å². The maximum atomic E-state index is 13.3. The van der Waals surface area contributed by atoms with Crippen molar-refractivity contribution in [1.29, 1.82) is 5.26 Å². The third kappa shape index (κ3) is 5.45. The summed E-state index contributed by atoms with van der Waals surface area (Å²) in [7, 11) is 0. The zero-order valence-corrected chi connectivity index (χ0v) is 20.7. The third-order valence-corrected chi connectivity index (χ3v) is 5.64. The molecule has 4 aromatic rings. The summed E-state index contributed by atoms with van der Waals surface area (Å²) in [6.07, 6.45) is 2.75. The molecule has 0 aliphatic rings. The van der Waals surface area contributed by atoms with Gasteiger partial charge in [-0.25, -0.2) is 0 Å². The van der Waals surface area contributed by atoms with Crippen LogP contribution in [-0.4, -0.2) is 15.3 Å². The van der Waals surface area contributed by atoms with E-state index in [1.54, 1.807) is 60.8 Å². The van der Waals surface area contributed by atoms with Gasteiger partial charge in [0.25, 0.3) is 11.5 Å². The number of rotatable bonds is 5. The summed E-state index contributed by atoms with van der Waals surface area (Å²) in [6, 6.07) is 21.0. The Kier molecular flexibility index (Phi) is 6.91. The number of hydrogen-bond acceptors (Lipinski definition) is 5. The van der Waals surface area contributed by atoms with Crippen molar-refractivity contribution in [2.24, 2.45) is 0 Å². The lowest BCUT2D eigenvalue weighted by atomic mass is 9.87. The molecule has 8 heteroatoms. The average molecular weight is 499 g/mol. The lowest BCUT2D eigenvalue weighted by Crippen LogP contribution is -2.20. The van der Waals surface area contributed by atoms with E-state index in [2.05, 4.69) is 31.1 Å². The highest BCUT2D eigenvalue weighted by Gasteiger charge is 2.18. The number of anilines is 1. The first-order chi connectivity index (χ1) is 17.2. The van der Waals surface area contributed by atoms with Crippen molar-refractivity contribution in [3.8, 4) is 17.7 Å². The SMILES string of the molecule is CC(C)(C)c1ccc(Oc2nc3ccccn3c(=O)c2/C=C(\C#N)C(=O)Nc2cccc(Cl)c2)cc1. The standard InChI is InChI=1S/C28H23ClN4O3/c1-28(2,3)19-10-12-22(13-11-19)36-26-23(27(35)33-14-5-4-9-24(33)32-26)15-18(17-30)25(34)31-21-8-6-7-20(29)16-21/h4-16H,1-3H3,(H,31,34)/b18-15+. The number of fused-ring (bicyclic) bond motifs is 1. The first kappa shape index (κ1) is 24.7. The van der Waals surface area contributed by atoms with Crippen LogP contribution in [0.15, 0.2) is 83.3 Å². The number of amides is 1. The van der Waals surface area contributed by atoms with Gasteiger partial charge in [0.1, 0.15) is 28.6 Å². The van der Waals surface area contributed by atoms with Gasteiger partial charge in [-0.05, 0) is 59.5 Å². The fraction of sp³-hybridized carbons (Fsp3) is 0.143. The molecule has 0 aliphatic heterocycles. The fourth-order valence-electron chi connectivity index (χ4n) is 3.48. The maximum Gasteiger partial charge on any atom is 0.269 e. The second-order valence-electron chi connectivity index (χ2n) is 9.08. The summed E-state index contributed by atoms with van der Waals surface area (Å²) in [5.74, 6) is -0.248. The van der Waals surface area contributed by atoms with Crippen LogP contribution in [0.25, 0.3) is 11.7 Å². The zero-order chi connectivity index (χ0) is 25.9. The molecule has 0 saturated heterocycles. The van der Waals surface area contributed by atoms with E-state index in [1.807, 2.05) is 18.2 Å². The van der Waals surface area contributed by atoms with Gasteiger partial charge < -0.3 is 10.1 Å². The molecule has 0 aliphatic carbocycles.